The normalized spacial score (nSPS) is 21.2. The molecule has 3 heterocycles. The highest BCUT2D eigenvalue weighted by molar-refractivity contribution is 7.90. The van der Waals surface area contributed by atoms with Crippen LogP contribution in [0, 0.1) is 19.8 Å². The molecular weight excluding hydrogens is 384 g/mol. The Balaban J connectivity index is 1.58. The highest BCUT2D eigenvalue weighted by Crippen LogP contribution is 2.31. The van der Waals surface area contributed by atoms with Crippen molar-refractivity contribution in [2.24, 2.45) is 10.3 Å². The number of rotatable bonds is 2. The molecule has 1 N–H and O–H groups in total. The number of sulfonamides is 1. The number of thiazole rings is 1. The molecule has 1 atom stereocenters. The standard InChI is InChI=1S/C18H20N4O3S2/c1-11-16(26-12(2)19-11)18(23)22-9-5-6-13(10-22)17-20-14-7-3-4-8-15(14)27(24,25)21-17/h3-4,7-8,13H,5-6,9-10H2,1-2H3,(H,20,21)/t13-/m1/s1. The number of amides is 1. The number of piperidine rings is 1. The predicted octanol–water partition coefficient (Wildman–Crippen LogP) is 2.83. The van der Waals surface area contributed by atoms with Crippen LogP contribution in [-0.2, 0) is 10.0 Å². The van der Waals surface area contributed by atoms with Gasteiger partial charge in [-0.3, -0.25) is 4.79 Å². The first-order valence-electron chi connectivity index (χ1n) is 8.79. The topological polar surface area (TPSA) is 91.7 Å². The molecule has 1 fully saturated rings. The summed E-state index contributed by atoms with van der Waals surface area (Å²) in [7, 11) is -3.72. The molecule has 0 saturated carbocycles. The van der Waals surface area contributed by atoms with Crippen molar-refractivity contribution in [3.8, 4) is 0 Å². The van der Waals surface area contributed by atoms with E-state index in [1.54, 1.807) is 29.2 Å². The first-order valence-corrected chi connectivity index (χ1v) is 11.0. The SMILES string of the molecule is Cc1nc(C)c(C(=O)N2CCC[C@@H](C3=NS(=O)(=O)c4ccccc4N3)C2)s1. The maximum Gasteiger partial charge on any atom is 0.286 e. The van der Waals surface area contributed by atoms with E-state index in [1.807, 2.05) is 13.8 Å². The Kier molecular flexibility index (Phi) is 4.51. The Hall–Kier alpha value is -2.26. The molecule has 0 aliphatic carbocycles. The van der Waals surface area contributed by atoms with Crippen molar-refractivity contribution in [3.63, 3.8) is 0 Å². The fourth-order valence-electron chi connectivity index (χ4n) is 3.57. The largest absolute Gasteiger partial charge is 0.342 e. The van der Waals surface area contributed by atoms with Crippen molar-refractivity contribution in [3.05, 3.63) is 39.8 Å². The zero-order valence-electron chi connectivity index (χ0n) is 15.1. The molecule has 1 saturated heterocycles. The van der Waals surface area contributed by atoms with Gasteiger partial charge in [-0.1, -0.05) is 12.1 Å². The fraction of sp³-hybridized carbons (Fsp3) is 0.389. The molecule has 9 heteroatoms. The van der Waals surface area contributed by atoms with Crippen LogP contribution >= 0.6 is 11.3 Å². The van der Waals surface area contributed by atoms with E-state index < -0.39 is 10.0 Å². The number of nitrogens with zero attached hydrogens (tertiary/aromatic N) is 3. The Morgan fingerprint density at radius 2 is 2.07 bits per heavy atom. The van der Waals surface area contributed by atoms with Crippen LogP contribution in [0.3, 0.4) is 0 Å². The summed E-state index contributed by atoms with van der Waals surface area (Å²) in [6.07, 6.45) is 1.59. The van der Waals surface area contributed by atoms with E-state index in [-0.39, 0.29) is 16.7 Å². The summed E-state index contributed by atoms with van der Waals surface area (Å²) < 4.78 is 29.0. The van der Waals surface area contributed by atoms with Gasteiger partial charge in [-0.05, 0) is 38.8 Å². The second-order valence-electron chi connectivity index (χ2n) is 6.81. The van der Waals surface area contributed by atoms with E-state index in [0.29, 0.717) is 29.5 Å². The average molecular weight is 405 g/mol. The summed E-state index contributed by atoms with van der Waals surface area (Å²) >= 11 is 1.40. The van der Waals surface area contributed by atoms with E-state index in [4.69, 9.17) is 0 Å². The lowest BCUT2D eigenvalue weighted by atomic mass is 9.96. The van der Waals surface area contributed by atoms with Gasteiger partial charge in [0.15, 0.2) is 0 Å². The van der Waals surface area contributed by atoms with E-state index in [2.05, 4.69) is 14.7 Å². The van der Waals surface area contributed by atoms with Crippen LogP contribution in [0.15, 0.2) is 33.6 Å². The van der Waals surface area contributed by atoms with Gasteiger partial charge in [0.05, 0.1) is 16.4 Å². The van der Waals surface area contributed by atoms with Crippen LogP contribution in [0.4, 0.5) is 5.69 Å². The van der Waals surface area contributed by atoms with Crippen molar-refractivity contribution in [2.75, 3.05) is 18.4 Å². The fourth-order valence-corrected chi connectivity index (χ4v) is 5.66. The molecule has 4 rings (SSSR count). The van der Waals surface area contributed by atoms with Gasteiger partial charge >= 0.3 is 0 Å². The molecule has 142 valence electrons. The average Bonchev–Trinajstić information content (AvgIpc) is 2.99. The van der Waals surface area contributed by atoms with E-state index in [9.17, 15) is 13.2 Å². The van der Waals surface area contributed by atoms with Gasteiger partial charge in [0.1, 0.15) is 15.6 Å². The number of carbonyl (C=O) groups is 1. The molecule has 1 amide bonds. The number of carbonyl (C=O) groups excluding carboxylic acids is 1. The van der Waals surface area contributed by atoms with Gasteiger partial charge in [-0.15, -0.1) is 15.7 Å². The summed E-state index contributed by atoms with van der Waals surface area (Å²) in [6, 6.07) is 6.75. The molecule has 0 unspecified atom stereocenters. The van der Waals surface area contributed by atoms with E-state index in [0.717, 1.165) is 23.5 Å². The summed E-state index contributed by atoms with van der Waals surface area (Å²) in [5.74, 6) is 0.242. The summed E-state index contributed by atoms with van der Waals surface area (Å²) in [5.41, 5.74) is 1.29. The van der Waals surface area contributed by atoms with Crippen LogP contribution in [0.25, 0.3) is 0 Å². The Morgan fingerprint density at radius 3 is 2.81 bits per heavy atom. The van der Waals surface area contributed by atoms with Crippen molar-refractivity contribution < 1.29 is 13.2 Å². The van der Waals surface area contributed by atoms with Crippen LogP contribution < -0.4 is 5.32 Å². The molecule has 7 nitrogen and oxygen atoms in total. The van der Waals surface area contributed by atoms with Crippen molar-refractivity contribution >= 4 is 38.8 Å². The van der Waals surface area contributed by atoms with E-state index in [1.165, 1.54) is 11.3 Å². The minimum absolute atomic E-state index is 0.0394. The molecule has 1 aromatic carbocycles. The van der Waals surface area contributed by atoms with Gasteiger partial charge < -0.3 is 10.2 Å². The monoisotopic (exact) mass is 404 g/mol. The van der Waals surface area contributed by atoms with Gasteiger partial charge in [-0.2, -0.15) is 8.42 Å². The third-order valence-corrected chi connectivity index (χ3v) is 7.25. The number of para-hydroxylation sites is 1. The lowest BCUT2D eigenvalue weighted by molar-refractivity contribution is 0.0707. The molecule has 2 aliphatic heterocycles. The van der Waals surface area contributed by atoms with Crippen LogP contribution in [0.1, 0.15) is 33.2 Å². The first kappa shape index (κ1) is 18.1. The molecule has 2 aliphatic rings. The number of hydrogen-bond acceptors (Lipinski definition) is 6. The quantitative estimate of drug-likeness (QED) is 0.831. The summed E-state index contributed by atoms with van der Waals surface area (Å²) in [5, 5.41) is 4.03. The van der Waals surface area contributed by atoms with Gasteiger partial charge in [0.25, 0.3) is 15.9 Å². The van der Waals surface area contributed by atoms with Crippen LogP contribution in [0.2, 0.25) is 0 Å². The lowest BCUT2D eigenvalue weighted by Crippen LogP contribution is -2.44. The second-order valence-corrected chi connectivity index (χ2v) is 9.59. The predicted molar refractivity (Wildman–Crippen MR) is 105 cm³/mol. The minimum atomic E-state index is -3.72. The van der Waals surface area contributed by atoms with Gasteiger partial charge in [0.2, 0.25) is 0 Å². The summed E-state index contributed by atoms with van der Waals surface area (Å²) in [4.78, 5) is 19.9. The number of aromatic nitrogens is 1. The molecule has 2 aromatic rings. The van der Waals surface area contributed by atoms with Crippen molar-refractivity contribution in [1.82, 2.24) is 9.88 Å². The van der Waals surface area contributed by atoms with Crippen molar-refractivity contribution in [1.29, 1.82) is 0 Å². The minimum Gasteiger partial charge on any atom is -0.342 e. The van der Waals surface area contributed by atoms with Crippen LogP contribution in [-0.4, -0.2) is 43.1 Å². The maximum absolute atomic E-state index is 12.9. The van der Waals surface area contributed by atoms with Gasteiger partial charge in [0, 0.05) is 19.0 Å². The molecular formula is C18H20N4O3S2. The number of nitrogens with one attached hydrogen (secondary N) is 1. The second kappa shape index (κ2) is 6.72. The Labute approximate surface area is 162 Å². The first-order chi connectivity index (χ1) is 12.8. The third-order valence-electron chi connectivity index (χ3n) is 4.84. The zero-order chi connectivity index (χ0) is 19.2. The molecule has 0 spiro atoms. The lowest BCUT2D eigenvalue weighted by Gasteiger charge is -2.34. The van der Waals surface area contributed by atoms with Gasteiger partial charge in [-0.25, -0.2) is 4.98 Å². The number of amidine groups is 1. The van der Waals surface area contributed by atoms with Crippen LogP contribution in [0.5, 0.6) is 0 Å². The van der Waals surface area contributed by atoms with Crippen molar-refractivity contribution in [2.45, 2.75) is 31.6 Å². The Bertz CT molecular complexity index is 1040. The smallest absolute Gasteiger partial charge is 0.286 e. The molecule has 0 radical (unpaired) electrons. The number of benzene rings is 1. The summed E-state index contributed by atoms with van der Waals surface area (Å²) in [6.45, 7) is 4.83. The molecule has 27 heavy (non-hydrogen) atoms. The third kappa shape index (κ3) is 3.37. The molecule has 1 aromatic heterocycles. The number of likely N-dealkylation sites (tertiary alicyclic amines) is 1. The number of aryl methyl sites for hydroxylation is 2. The van der Waals surface area contributed by atoms with E-state index >= 15 is 0 Å². The zero-order valence-corrected chi connectivity index (χ0v) is 16.7. The maximum atomic E-state index is 12.9. The highest BCUT2D eigenvalue weighted by Gasteiger charge is 2.33. The number of anilines is 1. The number of hydrogen-bond donors (Lipinski definition) is 1. The molecule has 0 bridgehead atoms. The number of fused-ring (bicyclic) bond motifs is 1. The highest BCUT2D eigenvalue weighted by atomic mass is 32.2. The Morgan fingerprint density at radius 1 is 1.30 bits per heavy atom.